The minimum atomic E-state index is -4.54. The van der Waals surface area contributed by atoms with Gasteiger partial charge >= 0.3 is 6.18 Å². The van der Waals surface area contributed by atoms with Crippen molar-refractivity contribution in [2.24, 2.45) is 10.8 Å². The van der Waals surface area contributed by atoms with Gasteiger partial charge in [-0.15, -0.1) is 0 Å². The van der Waals surface area contributed by atoms with Crippen LogP contribution in [0.5, 0.6) is 0 Å². The predicted molar refractivity (Wildman–Crippen MR) is 110 cm³/mol. The maximum absolute atomic E-state index is 13.0. The smallest absolute Gasteiger partial charge is 0.416 e. The number of allylic oxidation sites excluding steroid dienone is 4. The van der Waals surface area contributed by atoms with Crippen LogP contribution < -0.4 is 0 Å². The molecule has 0 saturated heterocycles. The number of aliphatic hydroxyl groups is 2. The van der Waals surface area contributed by atoms with Crippen LogP contribution in [0, 0.1) is 10.8 Å². The number of carbonyl (C=O) groups is 2. The minimum Gasteiger partial charge on any atom is -0.512 e. The fourth-order valence-electron chi connectivity index (χ4n) is 4.60. The molecule has 31 heavy (non-hydrogen) atoms. The molecule has 0 heterocycles. The van der Waals surface area contributed by atoms with Gasteiger partial charge in [-0.25, -0.2) is 0 Å². The third kappa shape index (κ3) is 4.70. The summed E-state index contributed by atoms with van der Waals surface area (Å²) in [6.45, 7) is 7.32. The molecule has 4 nitrogen and oxygen atoms in total. The van der Waals surface area contributed by atoms with Crippen molar-refractivity contribution in [2.45, 2.75) is 65.5 Å². The molecule has 0 unspecified atom stereocenters. The van der Waals surface area contributed by atoms with E-state index in [1.807, 2.05) is 27.7 Å². The maximum atomic E-state index is 13.0. The average Bonchev–Trinajstić information content (AvgIpc) is 2.56. The number of aliphatic hydroxyl groups excluding tert-OH is 2. The summed E-state index contributed by atoms with van der Waals surface area (Å²) in [5.41, 5.74) is -1.62. The highest BCUT2D eigenvalue weighted by atomic mass is 19.4. The topological polar surface area (TPSA) is 74.6 Å². The lowest BCUT2D eigenvalue weighted by atomic mass is 9.67. The highest BCUT2D eigenvalue weighted by Gasteiger charge is 2.43. The number of ketones is 2. The molecule has 0 spiro atoms. The lowest BCUT2D eigenvalue weighted by Crippen LogP contribution is -2.33. The maximum Gasteiger partial charge on any atom is 0.416 e. The molecule has 0 amide bonds. The summed E-state index contributed by atoms with van der Waals surface area (Å²) in [5.74, 6) is -2.25. The van der Waals surface area contributed by atoms with Crippen molar-refractivity contribution in [1.29, 1.82) is 0 Å². The zero-order valence-corrected chi connectivity index (χ0v) is 18.1. The van der Waals surface area contributed by atoms with Gasteiger partial charge in [-0.2, -0.15) is 13.2 Å². The zero-order valence-electron chi connectivity index (χ0n) is 18.1. The van der Waals surface area contributed by atoms with Crippen LogP contribution in [-0.4, -0.2) is 21.8 Å². The van der Waals surface area contributed by atoms with Gasteiger partial charge < -0.3 is 10.2 Å². The Morgan fingerprint density at radius 2 is 1.16 bits per heavy atom. The van der Waals surface area contributed by atoms with Gasteiger partial charge in [-0.3, -0.25) is 9.59 Å². The van der Waals surface area contributed by atoms with E-state index in [4.69, 9.17) is 0 Å². The molecule has 2 aliphatic carbocycles. The van der Waals surface area contributed by atoms with Crippen molar-refractivity contribution in [3.8, 4) is 0 Å². The van der Waals surface area contributed by atoms with Crippen LogP contribution in [0.4, 0.5) is 13.2 Å². The summed E-state index contributed by atoms with van der Waals surface area (Å²) in [6.07, 6.45) is -3.90. The van der Waals surface area contributed by atoms with Crippen LogP contribution in [0.3, 0.4) is 0 Å². The van der Waals surface area contributed by atoms with Gasteiger partial charge in [0.15, 0.2) is 11.6 Å². The van der Waals surface area contributed by atoms with Gasteiger partial charge in [0.2, 0.25) is 0 Å². The number of rotatable bonds is 3. The molecule has 0 bridgehead atoms. The molecule has 1 aromatic rings. The predicted octanol–water partition coefficient (Wildman–Crippen LogP) is 6.19. The molecule has 2 aliphatic rings. The van der Waals surface area contributed by atoms with E-state index in [1.54, 1.807) is 0 Å². The van der Waals surface area contributed by atoms with Gasteiger partial charge in [0, 0.05) is 42.7 Å². The fourth-order valence-corrected chi connectivity index (χ4v) is 4.60. The first kappa shape index (κ1) is 23.1. The average molecular weight is 436 g/mol. The number of halogens is 3. The molecule has 0 saturated carbocycles. The molecular weight excluding hydrogens is 409 g/mol. The van der Waals surface area contributed by atoms with Gasteiger partial charge in [-0.05, 0) is 28.5 Å². The number of alkyl halides is 3. The highest BCUT2D eigenvalue weighted by molar-refractivity contribution is 6.05. The van der Waals surface area contributed by atoms with E-state index in [0.29, 0.717) is 0 Å². The second kappa shape index (κ2) is 7.53. The largest absolute Gasteiger partial charge is 0.512 e. The van der Waals surface area contributed by atoms with Crippen LogP contribution >= 0.6 is 0 Å². The summed E-state index contributed by atoms with van der Waals surface area (Å²) < 4.78 is 39.1. The zero-order chi connectivity index (χ0) is 23.4. The van der Waals surface area contributed by atoms with Crippen LogP contribution in [0.15, 0.2) is 46.9 Å². The monoisotopic (exact) mass is 436 g/mol. The molecule has 0 aromatic heterocycles. The second-order valence-corrected chi connectivity index (χ2v) is 10.2. The Balaban J connectivity index is 2.21. The second-order valence-electron chi connectivity index (χ2n) is 10.2. The lowest BCUT2D eigenvalue weighted by Gasteiger charge is -2.36. The van der Waals surface area contributed by atoms with Crippen molar-refractivity contribution in [3.63, 3.8) is 0 Å². The fraction of sp³-hybridized carbons (Fsp3) is 0.500. The molecular formula is C24H27F3O4. The van der Waals surface area contributed by atoms with E-state index in [0.717, 1.165) is 12.1 Å². The first-order valence-electron chi connectivity index (χ1n) is 10.2. The summed E-state index contributed by atoms with van der Waals surface area (Å²) in [4.78, 5) is 26.1. The molecule has 0 atom stereocenters. The Hall–Kier alpha value is -2.57. The number of hydrogen-bond acceptors (Lipinski definition) is 4. The highest BCUT2D eigenvalue weighted by Crippen LogP contribution is 2.48. The Labute approximate surface area is 179 Å². The van der Waals surface area contributed by atoms with Crippen LogP contribution in [-0.2, 0) is 15.8 Å². The Morgan fingerprint density at radius 1 is 0.774 bits per heavy atom. The first-order valence-corrected chi connectivity index (χ1v) is 10.2. The van der Waals surface area contributed by atoms with E-state index in [-0.39, 0.29) is 65.5 Å². The molecule has 7 heteroatoms. The van der Waals surface area contributed by atoms with Gasteiger partial charge in [0.25, 0.3) is 0 Å². The van der Waals surface area contributed by atoms with Crippen LogP contribution in [0.2, 0.25) is 0 Å². The van der Waals surface area contributed by atoms with Crippen molar-refractivity contribution >= 4 is 11.6 Å². The number of carbonyl (C=O) groups excluding carboxylic acids is 2. The van der Waals surface area contributed by atoms with E-state index in [1.165, 1.54) is 12.1 Å². The third-order valence-corrected chi connectivity index (χ3v) is 5.94. The molecule has 2 N–H and O–H groups in total. The SMILES string of the molecule is CC1(C)CC(=O)C(C(C2=C(O)CC(C)(C)CC2=O)c2ccc(C(F)(F)F)cc2)=C(O)C1. The Kier molecular flexibility index (Phi) is 5.61. The number of hydrogen-bond donors (Lipinski definition) is 2. The summed E-state index contributed by atoms with van der Waals surface area (Å²) in [6, 6.07) is 4.17. The summed E-state index contributed by atoms with van der Waals surface area (Å²) in [5, 5.41) is 21.5. The lowest BCUT2D eigenvalue weighted by molar-refractivity contribution is -0.137. The summed E-state index contributed by atoms with van der Waals surface area (Å²) >= 11 is 0. The molecule has 0 radical (unpaired) electrons. The third-order valence-electron chi connectivity index (χ3n) is 5.94. The Morgan fingerprint density at radius 3 is 1.48 bits per heavy atom. The van der Waals surface area contributed by atoms with Gasteiger partial charge in [0.1, 0.15) is 11.5 Å². The number of Topliss-reactive ketones (excluding diaryl/α,β-unsaturated/α-hetero) is 2. The van der Waals surface area contributed by atoms with Crippen molar-refractivity contribution in [2.75, 3.05) is 0 Å². The molecule has 0 aliphatic heterocycles. The quantitative estimate of drug-likeness (QED) is 0.592. The number of benzene rings is 1. The van der Waals surface area contributed by atoms with Crippen LogP contribution in [0.25, 0.3) is 0 Å². The van der Waals surface area contributed by atoms with Crippen molar-refractivity contribution in [1.82, 2.24) is 0 Å². The van der Waals surface area contributed by atoms with E-state index >= 15 is 0 Å². The van der Waals surface area contributed by atoms with Crippen molar-refractivity contribution in [3.05, 3.63) is 58.1 Å². The molecule has 3 rings (SSSR count). The molecule has 0 fully saturated rings. The van der Waals surface area contributed by atoms with Crippen molar-refractivity contribution < 1.29 is 33.0 Å². The normalized spacial score (nSPS) is 21.8. The standard InChI is InChI=1S/C24H27F3O4/c1-22(2)9-15(28)20(16(29)10-22)19(13-5-7-14(8-6-13)24(25,26)27)21-17(30)11-23(3,4)12-18(21)31/h5-8,19,28,30H,9-12H2,1-4H3. The van der Waals surface area contributed by atoms with Crippen LogP contribution in [0.1, 0.15) is 70.4 Å². The van der Waals surface area contributed by atoms with Gasteiger partial charge in [-0.1, -0.05) is 39.8 Å². The first-order chi connectivity index (χ1) is 14.1. The summed E-state index contributed by atoms with van der Waals surface area (Å²) in [7, 11) is 0. The Bertz CT molecular complexity index is 927. The van der Waals surface area contributed by atoms with E-state index in [9.17, 15) is 33.0 Å². The van der Waals surface area contributed by atoms with E-state index < -0.39 is 28.5 Å². The molecule has 1 aromatic carbocycles. The van der Waals surface area contributed by atoms with E-state index in [2.05, 4.69) is 0 Å². The van der Waals surface area contributed by atoms with Gasteiger partial charge in [0.05, 0.1) is 5.56 Å². The minimum absolute atomic E-state index is 0.0197. The molecule has 168 valence electrons.